The number of hydrogen-bond acceptors (Lipinski definition) is 3. The molecule has 2 N–H and O–H groups in total. The van der Waals surface area contributed by atoms with Gasteiger partial charge in [0.15, 0.2) is 5.78 Å². The molecule has 0 aromatic carbocycles. The standard InChI is InChI=1S/C16H25NO3/c1-3-5-8-11-14(4-2)15(18)12-9-6-7-10-13-16(19)17-20/h4-5,8,11,20H,2-3,6-7,9-10,12-13H2,1H3,(H,17,19)/b8-5-,14-11+. The Balaban J connectivity index is 3.86. The summed E-state index contributed by atoms with van der Waals surface area (Å²) in [4.78, 5) is 22.7. The molecular weight excluding hydrogens is 254 g/mol. The zero-order valence-corrected chi connectivity index (χ0v) is 12.2. The molecule has 0 fully saturated rings. The zero-order chi connectivity index (χ0) is 15.2. The highest BCUT2D eigenvalue weighted by Crippen LogP contribution is 2.10. The van der Waals surface area contributed by atoms with Gasteiger partial charge in [0.1, 0.15) is 0 Å². The summed E-state index contributed by atoms with van der Waals surface area (Å²) in [6.45, 7) is 5.69. The van der Waals surface area contributed by atoms with Crippen LogP contribution in [0.4, 0.5) is 0 Å². The van der Waals surface area contributed by atoms with Gasteiger partial charge < -0.3 is 0 Å². The molecule has 0 rings (SSSR count). The number of allylic oxidation sites excluding steroid dienone is 5. The number of carbonyl (C=O) groups excluding carboxylic acids is 2. The van der Waals surface area contributed by atoms with E-state index in [-0.39, 0.29) is 11.7 Å². The Hall–Kier alpha value is -1.68. The molecule has 0 aliphatic heterocycles. The highest BCUT2D eigenvalue weighted by atomic mass is 16.5. The lowest BCUT2D eigenvalue weighted by Gasteiger charge is -2.02. The first-order valence-electron chi connectivity index (χ1n) is 7.11. The van der Waals surface area contributed by atoms with E-state index in [1.807, 2.05) is 19.1 Å². The van der Waals surface area contributed by atoms with E-state index in [1.54, 1.807) is 17.6 Å². The largest absolute Gasteiger partial charge is 0.294 e. The summed E-state index contributed by atoms with van der Waals surface area (Å²) in [5.74, 6) is -0.255. The molecule has 0 saturated carbocycles. The van der Waals surface area contributed by atoms with E-state index in [1.165, 1.54) is 0 Å². The Morgan fingerprint density at radius 1 is 1.15 bits per heavy atom. The summed E-state index contributed by atoms with van der Waals surface area (Å²) >= 11 is 0. The van der Waals surface area contributed by atoms with Crippen molar-refractivity contribution in [2.75, 3.05) is 0 Å². The first kappa shape index (κ1) is 18.3. The van der Waals surface area contributed by atoms with Crippen molar-refractivity contribution in [3.05, 3.63) is 36.5 Å². The highest BCUT2D eigenvalue weighted by Gasteiger charge is 2.05. The van der Waals surface area contributed by atoms with Crippen LogP contribution in [-0.4, -0.2) is 16.9 Å². The van der Waals surface area contributed by atoms with Gasteiger partial charge in [0.25, 0.3) is 0 Å². The number of hydroxylamine groups is 1. The van der Waals surface area contributed by atoms with Crippen LogP contribution >= 0.6 is 0 Å². The Kier molecular flexibility index (Phi) is 11.3. The van der Waals surface area contributed by atoms with Gasteiger partial charge in [-0.15, -0.1) is 0 Å². The van der Waals surface area contributed by atoms with E-state index in [4.69, 9.17) is 5.21 Å². The third kappa shape index (κ3) is 9.28. The van der Waals surface area contributed by atoms with Crippen molar-refractivity contribution < 1.29 is 14.8 Å². The van der Waals surface area contributed by atoms with Crippen molar-refractivity contribution in [3.8, 4) is 0 Å². The summed E-state index contributed by atoms with van der Waals surface area (Å²) in [5, 5.41) is 8.32. The molecule has 0 aromatic heterocycles. The molecule has 1 amide bonds. The number of hydrogen-bond donors (Lipinski definition) is 2. The predicted molar refractivity (Wildman–Crippen MR) is 80.3 cm³/mol. The fourth-order valence-corrected chi connectivity index (χ4v) is 1.71. The molecule has 0 aromatic rings. The number of nitrogens with one attached hydrogen (secondary N) is 1. The van der Waals surface area contributed by atoms with Gasteiger partial charge in [-0.3, -0.25) is 14.8 Å². The minimum Gasteiger partial charge on any atom is -0.294 e. The monoisotopic (exact) mass is 279 g/mol. The minimum atomic E-state index is -0.360. The van der Waals surface area contributed by atoms with Gasteiger partial charge >= 0.3 is 0 Å². The topological polar surface area (TPSA) is 66.4 Å². The number of unbranched alkanes of at least 4 members (excludes halogenated alkanes) is 3. The Morgan fingerprint density at radius 2 is 1.80 bits per heavy atom. The summed E-state index contributed by atoms with van der Waals surface area (Å²) in [6, 6.07) is 0. The van der Waals surface area contributed by atoms with Crippen LogP contribution in [0.1, 0.15) is 51.9 Å². The van der Waals surface area contributed by atoms with E-state index >= 15 is 0 Å². The normalized spacial score (nSPS) is 11.6. The van der Waals surface area contributed by atoms with Crippen molar-refractivity contribution >= 4 is 11.7 Å². The molecule has 20 heavy (non-hydrogen) atoms. The Labute approximate surface area is 121 Å². The molecule has 0 radical (unpaired) electrons. The average Bonchev–Trinajstić information content (AvgIpc) is 2.46. The second-order valence-corrected chi connectivity index (χ2v) is 4.53. The molecule has 0 spiro atoms. The predicted octanol–water partition coefficient (Wildman–Crippen LogP) is 3.48. The van der Waals surface area contributed by atoms with Crippen LogP contribution in [0, 0.1) is 0 Å². The summed E-state index contributed by atoms with van der Waals surface area (Å²) in [6.07, 6.45) is 12.3. The molecule has 0 bridgehead atoms. The Morgan fingerprint density at radius 3 is 2.35 bits per heavy atom. The third-order valence-corrected chi connectivity index (χ3v) is 2.87. The van der Waals surface area contributed by atoms with Crippen molar-refractivity contribution in [3.63, 3.8) is 0 Å². The summed E-state index contributed by atoms with van der Waals surface area (Å²) < 4.78 is 0. The van der Waals surface area contributed by atoms with E-state index in [2.05, 4.69) is 6.58 Å². The lowest BCUT2D eigenvalue weighted by molar-refractivity contribution is -0.129. The third-order valence-electron chi connectivity index (χ3n) is 2.87. The first-order valence-corrected chi connectivity index (χ1v) is 7.11. The molecule has 0 saturated heterocycles. The quantitative estimate of drug-likeness (QED) is 0.200. The molecule has 4 nitrogen and oxygen atoms in total. The smallest absolute Gasteiger partial charge is 0.243 e. The first-order chi connectivity index (χ1) is 9.65. The number of Topliss-reactive ketones (excluding diaryl/α,β-unsaturated/α-hetero) is 1. The van der Waals surface area contributed by atoms with E-state index in [0.717, 1.165) is 32.1 Å². The number of rotatable bonds is 11. The molecule has 0 heterocycles. The maximum atomic E-state index is 11.9. The molecule has 112 valence electrons. The lowest BCUT2D eigenvalue weighted by atomic mass is 10.0. The highest BCUT2D eigenvalue weighted by molar-refractivity contribution is 5.98. The van der Waals surface area contributed by atoms with E-state index in [0.29, 0.717) is 18.4 Å². The van der Waals surface area contributed by atoms with Crippen molar-refractivity contribution in [2.45, 2.75) is 51.9 Å². The van der Waals surface area contributed by atoms with Crippen LogP contribution in [-0.2, 0) is 9.59 Å². The molecule has 4 heteroatoms. The van der Waals surface area contributed by atoms with Crippen LogP contribution in [0.15, 0.2) is 36.5 Å². The van der Waals surface area contributed by atoms with E-state index in [9.17, 15) is 9.59 Å². The van der Waals surface area contributed by atoms with E-state index < -0.39 is 0 Å². The molecule has 0 aliphatic carbocycles. The van der Waals surface area contributed by atoms with Gasteiger partial charge in [0.2, 0.25) is 5.91 Å². The lowest BCUT2D eigenvalue weighted by Crippen LogP contribution is -2.17. The van der Waals surface area contributed by atoms with Crippen molar-refractivity contribution in [2.24, 2.45) is 0 Å². The van der Waals surface area contributed by atoms with Crippen LogP contribution < -0.4 is 5.48 Å². The number of carbonyl (C=O) groups is 2. The molecule has 0 atom stereocenters. The fourth-order valence-electron chi connectivity index (χ4n) is 1.71. The number of amides is 1. The summed E-state index contributed by atoms with van der Waals surface area (Å²) in [5.41, 5.74) is 2.25. The maximum Gasteiger partial charge on any atom is 0.243 e. The molecular formula is C16H25NO3. The fraction of sp³-hybridized carbons (Fsp3) is 0.500. The number of ketones is 1. The van der Waals surface area contributed by atoms with Crippen LogP contribution in [0.5, 0.6) is 0 Å². The molecule has 0 aliphatic rings. The van der Waals surface area contributed by atoms with Crippen LogP contribution in [0.2, 0.25) is 0 Å². The second-order valence-electron chi connectivity index (χ2n) is 4.53. The maximum absolute atomic E-state index is 11.9. The van der Waals surface area contributed by atoms with Gasteiger partial charge in [-0.1, -0.05) is 50.6 Å². The average molecular weight is 279 g/mol. The van der Waals surface area contributed by atoms with Crippen molar-refractivity contribution in [1.82, 2.24) is 5.48 Å². The Bertz CT molecular complexity index is 370. The van der Waals surface area contributed by atoms with Crippen LogP contribution in [0.25, 0.3) is 0 Å². The summed E-state index contributed by atoms with van der Waals surface area (Å²) in [7, 11) is 0. The van der Waals surface area contributed by atoms with Gasteiger partial charge in [0, 0.05) is 18.4 Å². The van der Waals surface area contributed by atoms with Crippen LogP contribution in [0.3, 0.4) is 0 Å². The van der Waals surface area contributed by atoms with Gasteiger partial charge in [0.05, 0.1) is 0 Å². The van der Waals surface area contributed by atoms with Crippen molar-refractivity contribution in [1.29, 1.82) is 0 Å². The SMILES string of the molecule is C=C/C(=C\C=C/CC)C(=O)CCCCCCC(=O)NO. The second kappa shape index (κ2) is 12.4. The van der Waals surface area contributed by atoms with Gasteiger partial charge in [-0.2, -0.15) is 0 Å². The minimum absolute atomic E-state index is 0.105. The molecule has 0 unspecified atom stereocenters. The zero-order valence-electron chi connectivity index (χ0n) is 12.2. The van der Waals surface area contributed by atoms with Gasteiger partial charge in [-0.05, 0) is 19.3 Å². The van der Waals surface area contributed by atoms with Gasteiger partial charge in [-0.25, -0.2) is 5.48 Å².